The van der Waals surface area contributed by atoms with Crippen molar-refractivity contribution in [1.29, 1.82) is 0 Å². The Balaban J connectivity index is 2.11. The summed E-state index contributed by atoms with van der Waals surface area (Å²) in [6, 6.07) is 5.61. The molecule has 0 spiro atoms. The summed E-state index contributed by atoms with van der Waals surface area (Å²) in [5, 5.41) is 10.9. The number of carbonyl (C=O) groups excluding carboxylic acids is 1. The summed E-state index contributed by atoms with van der Waals surface area (Å²) in [6.07, 6.45) is 5.24. The van der Waals surface area contributed by atoms with Gasteiger partial charge < -0.3 is 5.11 Å². The number of nitrogens with zero attached hydrogens (tertiary/aromatic N) is 1. The fraction of sp³-hybridized carbons (Fsp3) is 0.429. The molecule has 0 bridgehead atoms. The standard InChI is InChI=1S/C14H15NO2S/c16-9-10-3-1-5-12-11(10)4-2-6-14(12,17)13-15-7-8-18-13/h1,3,5,7,9,13,17H,2,4,6,8H2. The Bertz CT molecular complexity index is 515. The van der Waals surface area contributed by atoms with Crippen molar-refractivity contribution in [3.8, 4) is 0 Å². The van der Waals surface area contributed by atoms with E-state index in [1.54, 1.807) is 11.8 Å². The van der Waals surface area contributed by atoms with Gasteiger partial charge in [0.2, 0.25) is 0 Å². The molecule has 1 aromatic carbocycles. The second-order valence-electron chi connectivity index (χ2n) is 4.79. The molecule has 0 saturated carbocycles. The van der Waals surface area contributed by atoms with Crippen LogP contribution in [0.1, 0.15) is 34.3 Å². The molecule has 0 fully saturated rings. The number of benzene rings is 1. The average molecular weight is 261 g/mol. The van der Waals surface area contributed by atoms with E-state index < -0.39 is 5.60 Å². The molecule has 2 aliphatic rings. The third kappa shape index (κ3) is 1.71. The van der Waals surface area contributed by atoms with Crippen molar-refractivity contribution in [3.63, 3.8) is 0 Å². The first-order valence-electron chi connectivity index (χ1n) is 6.19. The van der Waals surface area contributed by atoms with Gasteiger partial charge in [0.1, 0.15) is 17.3 Å². The second-order valence-corrected chi connectivity index (χ2v) is 5.90. The molecule has 2 unspecified atom stereocenters. The van der Waals surface area contributed by atoms with Gasteiger partial charge in [-0.15, -0.1) is 11.8 Å². The molecule has 3 nitrogen and oxygen atoms in total. The van der Waals surface area contributed by atoms with E-state index in [0.717, 1.165) is 42.4 Å². The van der Waals surface area contributed by atoms with Crippen LogP contribution in [0.4, 0.5) is 0 Å². The van der Waals surface area contributed by atoms with Crippen molar-refractivity contribution >= 4 is 24.3 Å². The quantitative estimate of drug-likeness (QED) is 0.830. The van der Waals surface area contributed by atoms with Crippen LogP contribution in [-0.2, 0) is 12.0 Å². The lowest BCUT2D eigenvalue weighted by atomic mass is 9.77. The normalized spacial score (nSPS) is 30.2. The van der Waals surface area contributed by atoms with Crippen LogP contribution in [0, 0.1) is 0 Å². The van der Waals surface area contributed by atoms with E-state index in [0.29, 0.717) is 5.56 Å². The van der Waals surface area contributed by atoms with Crippen LogP contribution >= 0.6 is 11.8 Å². The first kappa shape index (κ1) is 11.9. The summed E-state index contributed by atoms with van der Waals surface area (Å²) in [7, 11) is 0. The van der Waals surface area contributed by atoms with Crippen molar-refractivity contribution in [2.45, 2.75) is 30.2 Å². The third-order valence-electron chi connectivity index (χ3n) is 3.77. The summed E-state index contributed by atoms with van der Waals surface area (Å²) in [4.78, 5) is 15.5. The van der Waals surface area contributed by atoms with Crippen LogP contribution in [0.15, 0.2) is 23.2 Å². The summed E-state index contributed by atoms with van der Waals surface area (Å²) < 4.78 is 0. The number of aldehydes is 1. The molecule has 0 amide bonds. The monoisotopic (exact) mass is 261 g/mol. The van der Waals surface area contributed by atoms with Crippen molar-refractivity contribution in [3.05, 3.63) is 34.9 Å². The summed E-state index contributed by atoms with van der Waals surface area (Å²) in [6.45, 7) is 0. The van der Waals surface area contributed by atoms with Crippen molar-refractivity contribution in [1.82, 2.24) is 0 Å². The predicted octanol–water partition coefficient (Wildman–Crippen LogP) is 2.17. The SMILES string of the molecule is O=Cc1cccc2c1CCCC2(O)C1N=CCS1. The number of thioether (sulfide) groups is 1. The van der Waals surface area contributed by atoms with E-state index in [-0.39, 0.29) is 5.37 Å². The number of carbonyl (C=O) groups is 1. The van der Waals surface area contributed by atoms with Gasteiger partial charge >= 0.3 is 0 Å². The topological polar surface area (TPSA) is 49.7 Å². The maximum Gasteiger partial charge on any atom is 0.150 e. The molecule has 94 valence electrons. The van der Waals surface area contributed by atoms with Crippen LogP contribution in [0.2, 0.25) is 0 Å². The molecule has 1 N–H and O–H groups in total. The van der Waals surface area contributed by atoms with Crippen molar-refractivity contribution < 1.29 is 9.90 Å². The van der Waals surface area contributed by atoms with E-state index in [4.69, 9.17) is 0 Å². The number of aliphatic imine (C=N–C) groups is 1. The lowest BCUT2D eigenvalue weighted by Gasteiger charge is -2.37. The molecule has 0 radical (unpaired) electrons. The minimum absolute atomic E-state index is 0.126. The van der Waals surface area contributed by atoms with Crippen LogP contribution in [0.3, 0.4) is 0 Å². The molecule has 1 aliphatic carbocycles. The van der Waals surface area contributed by atoms with Crippen LogP contribution in [0.25, 0.3) is 0 Å². The largest absolute Gasteiger partial charge is 0.382 e. The highest BCUT2D eigenvalue weighted by atomic mass is 32.2. The Morgan fingerprint density at radius 1 is 1.50 bits per heavy atom. The lowest BCUT2D eigenvalue weighted by molar-refractivity contribution is 0.0190. The van der Waals surface area contributed by atoms with Crippen LogP contribution in [-0.4, -0.2) is 28.7 Å². The molecule has 1 aromatic rings. The van der Waals surface area contributed by atoms with Gasteiger partial charge in [-0.25, -0.2) is 0 Å². The Morgan fingerprint density at radius 3 is 3.11 bits per heavy atom. The molecule has 0 aromatic heterocycles. The summed E-state index contributed by atoms with van der Waals surface area (Å²) in [5.41, 5.74) is 1.70. The summed E-state index contributed by atoms with van der Waals surface area (Å²) in [5.74, 6) is 0.857. The van der Waals surface area contributed by atoms with E-state index in [9.17, 15) is 9.90 Å². The van der Waals surface area contributed by atoms with E-state index in [1.165, 1.54) is 0 Å². The lowest BCUT2D eigenvalue weighted by Crippen LogP contribution is -2.39. The Labute approximate surface area is 110 Å². The first-order valence-corrected chi connectivity index (χ1v) is 7.24. The van der Waals surface area contributed by atoms with Crippen molar-refractivity contribution in [2.75, 3.05) is 5.75 Å². The molecule has 4 heteroatoms. The Morgan fingerprint density at radius 2 is 2.39 bits per heavy atom. The van der Waals surface area contributed by atoms with E-state index in [1.807, 2.05) is 24.4 Å². The van der Waals surface area contributed by atoms with Gasteiger partial charge in [0.15, 0.2) is 0 Å². The zero-order valence-electron chi connectivity index (χ0n) is 10.0. The second kappa shape index (κ2) is 4.52. The van der Waals surface area contributed by atoms with Gasteiger partial charge in [0.25, 0.3) is 0 Å². The van der Waals surface area contributed by atoms with Gasteiger partial charge in [-0.1, -0.05) is 18.2 Å². The predicted molar refractivity (Wildman–Crippen MR) is 73.4 cm³/mol. The molecule has 0 saturated heterocycles. The zero-order chi connectivity index (χ0) is 12.6. The molecule has 18 heavy (non-hydrogen) atoms. The highest BCUT2D eigenvalue weighted by Gasteiger charge is 2.43. The summed E-state index contributed by atoms with van der Waals surface area (Å²) >= 11 is 1.66. The smallest absolute Gasteiger partial charge is 0.150 e. The fourth-order valence-corrected chi connectivity index (χ4v) is 3.95. The zero-order valence-corrected chi connectivity index (χ0v) is 10.8. The fourth-order valence-electron chi connectivity index (χ4n) is 2.90. The molecular weight excluding hydrogens is 246 g/mol. The van der Waals surface area contributed by atoms with Crippen LogP contribution in [0.5, 0.6) is 0 Å². The van der Waals surface area contributed by atoms with E-state index in [2.05, 4.69) is 4.99 Å². The maximum atomic E-state index is 11.1. The third-order valence-corrected chi connectivity index (χ3v) is 4.94. The minimum Gasteiger partial charge on any atom is -0.382 e. The minimum atomic E-state index is -0.912. The number of fused-ring (bicyclic) bond motifs is 1. The maximum absolute atomic E-state index is 11.1. The van der Waals surface area contributed by atoms with Crippen LogP contribution < -0.4 is 0 Å². The molecular formula is C14H15NO2S. The Hall–Kier alpha value is -1.13. The number of hydrogen-bond acceptors (Lipinski definition) is 4. The van der Waals surface area contributed by atoms with Gasteiger partial charge in [-0.05, 0) is 30.4 Å². The average Bonchev–Trinajstić information content (AvgIpc) is 2.93. The Kier molecular flexibility index (Phi) is 2.99. The molecule has 3 rings (SSSR count). The number of hydrogen-bond donors (Lipinski definition) is 1. The molecule has 2 atom stereocenters. The van der Waals surface area contributed by atoms with Gasteiger partial charge in [-0.2, -0.15) is 0 Å². The highest BCUT2D eigenvalue weighted by Crippen LogP contribution is 2.44. The first-order chi connectivity index (χ1) is 8.75. The van der Waals surface area contributed by atoms with Crippen molar-refractivity contribution in [2.24, 2.45) is 4.99 Å². The number of aliphatic hydroxyl groups is 1. The van der Waals surface area contributed by atoms with Gasteiger partial charge in [-0.3, -0.25) is 9.79 Å². The molecule has 1 aliphatic heterocycles. The highest BCUT2D eigenvalue weighted by molar-refractivity contribution is 8.00. The molecule has 1 heterocycles. The van der Waals surface area contributed by atoms with Gasteiger partial charge in [0, 0.05) is 17.5 Å². The van der Waals surface area contributed by atoms with Gasteiger partial charge in [0.05, 0.1) is 0 Å². The number of rotatable bonds is 2. The van der Waals surface area contributed by atoms with E-state index >= 15 is 0 Å².